The number of hydrogen-bond acceptors (Lipinski definition) is 6. The van der Waals surface area contributed by atoms with Gasteiger partial charge in [-0.3, -0.25) is 24.6 Å². The molecule has 0 radical (unpaired) electrons. The van der Waals surface area contributed by atoms with Crippen LogP contribution in [0.2, 0.25) is 0 Å². The smallest absolute Gasteiger partial charge is 0.310 e. The maximum Gasteiger partial charge on any atom is 0.310 e. The van der Waals surface area contributed by atoms with E-state index in [2.05, 4.69) is 0 Å². The molecule has 30 heavy (non-hydrogen) atoms. The Bertz CT molecular complexity index is 1080. The van der Waals surface area contributed by atoms with Gasteiger partial charge in [-0.1, -0.05) is 48.2 Å². The van der Waals surface area contributed by atoms with Gasteiger partial charge in [0.25, 0.3) is 11.6 Å². The van der Waals surface area contributed by atoms with Gasteiger partial charge >= 0.3 is 5.97 Å². The van der Waals surface area contributed by atoms with Crippen LogP contribution in [0.3, 0.4) is 0 Å². The highest BCUT2D eigenvalue weighted by Crippen LogP contribution is 2.47. The van der Waals surface area contributed by atoms with E-state index in [0.717, 1.165) is 21.2 Å². The molecule has 0 aliphatic carbocycles. The van der Waals surface area contributed by atoms with Gasteiger partial charge in [-0.15, -0.1) is 0 Å². The molecule has 7 nitrogen and oxygen atoms in total. The number of nitro groups is 1. The van der Waals surface area contributed by atoms with Crippen LogP contribution in [0.25, 0.3) is 0 Å². The van der Waals surface area contributed by atoms with Crippen molar-refractivity contribution in [3.05, 3.63) is 88.5 Å². The number of nitro benzene ring substituents is 1. The first-order chi connectivity index (χ1) is 14.5. The molecule has 1 aliphatic heterocycles. The van der Waals surface area contributed by atoms with Crippen LogP contribution in [0.1, 0.15) is 5.56 Å². The van der Waals surface area contributed by atoms with Gasteiger partial charge in [-0.2, -0.15) is 0 Å². The van der Waals surface area contributed by atoms with Gasteiger partial charge in [0, 0.05) is 21.9 Å². The lowest BCUT2D eigenvalue weighted by atomic mass is 10.1. The number of benzene rings is 3. The largest absolute Gasteiger partial charge is 0.455 e. The van der Waals surface area contributed by atoms with Crippen molar-refractivity contribution in [1.82, 2.24) is 0 Å². The number of non-ortho nitro benzene ring substituents is 1. The standard InChI is InChI=1S/C22H16N2O5S/c25-21(14-29-22(26)13-15-9-11-16(12-10-15)24(27)28)23-17-5-1-3-7-19(17)30-20-8-4-2-6-18(20)23/h1-12H,13-14H2. The van der Waals surface area contributed by atoms with Crippen LogP contribution in [0.4, 0.5) is 17.1 Å². The summed E-state index contributed by atoms with van der Waals surface area (Å²) in [4.78, 5) is 38.8. The Kier molecular flexibility index (Phi) is 5.49. The van der Waals surface area contributed by atoms with Crippen LogP contribution in [-0.4, -0.2) is 23.4 Å². The number of carbonyl (C=O) groups excluding carboxylic acids is 2. The Labute approximate surface area is 176 Å². The van der Waals surface area contributed by atoms with Crippen molar-refractivity contribution >= 4 is 40.7 Å². The summed E-state index contributed by atoms with van der Waals surface area (Å²) in [5, 5.41) is 10.7. The number of nitrogens with zero attached hydrogens (tertiary/aromatic N) is 2. The van der Waals surface area contributed by atoms with Gasteiger partial charge in [0.2, 0.25) is 0 Å². The predicted molar refractivity (Wildman–Crippen MR) is 112 cm³/mol. The summed E-state index contributed by atoms with van der Waals surface area (Å²) in [7, 11) is 0. The Hall–Kier alpha value is -3.65. The number of amides is 1. The number of hydrogen-bond donors (Lipinski definition) is 0. The number of rotatable bonds is 5. The molecule has 0 saturated carbocycles. The SMILES string of the molecule is O=C(Cc1ccc([N+](=O)[O-])cc1)OCC(=O)N1c2ccccc2Sc2ccccc21. The highest BCUT2D eigenvalue weighted by Gasteiger charge is 2.28. The van der Waals surface area contributed by atoms with E-state index in [0.29, 0.717) is 5.56 Å². The molecule has 0 unspecified atom stereocenters. The number of fused-ring (bicyclic) bond motifs is 2. The summed E-state index contributed by atoms with van der Waals surface area (Å²) in [6.07, 6.45) is -0.0751. The third-order valence-electron chi connectivity index (χ3n) is 4.53. The van der Waals surface area contributed by atoms with Crippen LogP contribution in [0, 0.1) is 10.1 Å². The molecule has 8 heteroatoms. The minimum Gasteiger partial charge on any atom is -0.455 e. The second-order valence-corrected chi connectivity index (χ2v) is 7.61. The van der Waals surface area contributed by atoms with Crippen molar-refractivity contribution in [2.45, 2.75) is 16.2 Å². The molecule has 0 saturated heterocycles. The Balaban J connectivity index is 1.45. The zero-order chi connectivity index (χ0) is 21.1. The van der Waals surface area contributed by atoms with Gasteiger partial charge in [0.1, 0.15) is 0 Å². The third-order valence-corrected chi connectivity index (χ3v) is 5.66. The number of para-hydroxylation sites is 2. The number of esters is 1. The molecule has 0 atom stereocenters. The van der Waals surface area contributed by atoms with E-state index in [-0.39, 0.29) is 18.0 Å². The molecular formula is C22H16N2O5S. The first-order valence-electron chi connectivity index (χ1n) is 9.11. The lowest BCUT2D eigenvalue weighted by Crippen LogP contribution is -2.32. The van der Waals surface area contributed by atoms with Crippen molar-refractivity contribution in [3.63, 3.8) is 0 Å². The molecule has 3 aromatic rings. The minimum absolute atomic E-state index is 0.0532. The first-order valence-corrected chi connectivity index (χ1v) is 9.92. The van der Waals surface area contributed by atoms with Crippen molar-refractivity contribution in [3.8, 4) is 0 Å². The number of ether oxygens (including phenoxy) is 1. The summed E-state index contributed by atoms with van der Waals surface area (Å²) < 4.78 is 5.20. The van der Waals surface area contributed by atoms with Gasteiger partial charge in [0.05, 0.1) is 22.7 Å². The van der Waals surface area contributed by atoms with Crippen molar-refractivity contribution in [1.29, 1.82) is 0 Å². The number of carbonyl (C=O) groups is 2. The Morgan fingerprint density at radius 2 is 1.47 bits per heavy atom. The molecule has 150 valence electrons. The molecule has 3 aromatic carbocycles. The predicted octanol–water partition coefficient (Wildman–Crippen LogP) is 4.51. The molecule has 4 rings (SSSR count). The van der Waals surface area contributed by atoms with Crippen LogP contribution in [0.15, 0.2) is 82.6 Å². The van der Waals surface area contributed by atoms with E-state index in [1.165, 1.54) is 24.3 Å². The van der Waals surface area contributed by atoms with Crippen LogP contribution in [0.5, 0.6) is 0 Å². The molecule has 0 N–H and O–H groups in total. The monoisotopic (exact) mass is 420 g/mol. The fraction of sp³-hybridized carbons (Fsp3) is 0.0909. The molecule has 0 bridgehead atoms. The Morgan fingerprint density at radius 3 is 2.03 bits per heavy atom. The fourth-order valence-corrected chi connectivity index (χ4v) is 4.19. The summed E-state index contributed by atoms with van der Waals surface area (Å²) >= 11 is 1.58. The zero-order valence-electron chi connectivity index (χ0n) is 15.7. The highest BCUT2D eigenvalue weighted by molar-refractivity contribution is 7.99. The average molecular weight is 420 g/mol. The van der Waals surface area contributed by atoms with Crippen molar-refractivity contribution in [2.75, 3.05) is 11.5 Å². The second-order valence-electron chi connectivity index (χ2n) is 6.53. The minimum atomic E-state index is -0.579. The number of anilines is 2. The molecule has 1 amide bonds. The van der Waals surface area contributed by atoms with E-state index in [9.17, 15) is 19.7 Å². The van der Waals surface area contributed by atoms with E-state index < -0.39 is 17.5 Å². The van der Waals surface area contributed by atoms with E-state index in [1.54, 1.807) is 16.7 Å². The van der Waals surface area contributed by atoms with Gasteiger partial charge in [-0.05, 0) is 29.8 Å². The summed E-state index contributed by atoms with van der Waals surface area (Å²) in [5.41, 5.74) is 2.01. The zero-order valence-corrected chi connectivity index (χ0v) is 16.5. The molecule has 1 aliphatic rings. The maximum absolute atomic E-state index is 13.0. The summed E-state index contributed by atoms with van der Waals surface area (Å²) in [6.45, 7) is -0.404. The first kappa shape index (κ1) is 19.7. The molecule has 0 fully saturated rings. The van der Waals surface area contributed by atoms with Crippen molar-refractivity contribution in [2.24, 2.45) is 0 Å². The molecular weight excluding hydrogens is 404 g/mol. The quantitative estimate of drug-likeness (QED) is 0.343. The van der Waals surface area contributed by atoms with E-state index in [1.807, 2.05) is 48.5 Å². The van der Waals surface area contributed by atoms with E-state index in [4.69, 9.17) is 4.74 Å². The van der Waals surface area contributed by atoms with E-state index >= 15 is 0 Å². The maximum atomic E-state index is 13.0. The lowest BCUT2D eigenvalue weighted by molar-refractivity contribution is -0.384. The third kappa shape index (κ3) is 4.04. The lowest BCUT2D eigenvalue weighted by Gasteiger charge is -2.30. The average Bonchev–Trinajstić information content (AvgIpc) is 2.76. The van der Waals surface area contributed by atoms with Crippen LogP contribution < -0.4 is 4.90 Å². The topological polar surface area (TPSA) is 89.7 Å². The highest BCUT2D eigenvalue weighted by atomic mass is 32.2. The normalized spacial score (nSPS) is 11.9. The van der Waals surface area contributed by atoms with Gasteiger partial charge in [0.15, 0.2) is 6.61 Å². The van der Waals surface area contributed by atoms with Crippen LogP contribution >= 0.6 is 11.8 Å². The second kappa shape index (κ2) is 8.38. The fourth-order valence-electron chi connectivity index (χ4n) is 3.13. The van der Waals surface area contributed by atoms with Gasteiger partial charge in [-0.25, -0.2) is 0 Å². The Morgan fingerprint density at radius 1 is 0.900 bits per heavy atom. The van der Waals surface area contributed by atoms with Crippen molar-refractivity contribution < 1.29 is 19.2 Å². The summed E-state index contributed by atoms with van der Waals surface area (Å²) in [5.74, 6) is -0.933. The van der Waals surface area contributed by atoms with Crippen LogP contribution in [-0.2, 0) is 20.7 Å². The molecule has 1 heterocycles. The molecule has 0 aromatic heterocycles. The van der Waals surface area contributed by atoms with Gasteiger partial charge < -0.3 is 4.74 Å². The summed E-state index contributed by atoms with van der Waals surface area (Å²) in [6, 6.07) is 20.8. The molecule has 0 spiro atoms.